The Hall–Kier alpha value is -2.87. The SMILES string of the molecule is CCN/C(=C\C(C)=N)C(=O)NC(CN)CCNc1ccc(C(N)=O)cc1C. The van der Waals surface area contributed by atoms with Crippen molar-refractivity contribution >= 4 is 23.2 Å². The summed E-state index contributed by atoms with van der Waals surface area (Å²) in [6.45, 7) is 6.88. The van der Waals surface area contributed by atoms with Crippen LogP contribution < -0.4 is 27.4 Å². The fraction of sp³-hybridized carbons (Fsp3) is 0.421. The molecule has 148 valence electrons. The second-order valence-corrected chi connectivity index (χ2v) is 6.29. The largest absolute Gasteiger partial charge is 0.385 e. The van der Waals surface area contributed by atoms with E-state index in [0.29, 0.717) is 43.0 Å². The zero-order valence-corrected chi connectivity index (χ0v) is 16.2. The number of benzene rings is 1. The Morgan fingerprint density at radius 2 is 2.04 bits per heavy atom. The van der Waals surface area contributed by atoms with E-state index in [0.717, 1.165) is 11.3 Å². The number of amides is 2. The second-order valence-electron chi connectivity index (χ2n) is 6.29. The lowest BCUT2D eigenvalue weighted by molar-refractivity contribution is -0.118. The molecule has 1 aromatic carbocycles. The van der Waals surface area contributed by atoms with Gasteiger partial charge >= 0.3 is 0 Å². The van der Waals surface area contributed by atoms with E-state index in [1.807, 2.05) is 19.9 Å². The predicted octanol–water partition coefficient (Wildman–Crippen LogP) is 0.872. The third kappa shape index (κ3) is 7.49. The van der Waals surface area contributed by atoms with Crippen LogP contribution in [-0.2, 0) is 4.79 Å². The molecule has 0 aliphatic carbocycles. The van der Waals surface area contributed by atoms with Crippen LogP contribution in [0.3, 0.4) is 0 Å². The number of allylic oxidation sites excluding steroid dienone is 1. The molecule has 8 N–H and O–H groups in total. The predicted molar refractivity (Wildman–Crippen MR) is 109 cm³/mol. The van der Waals surface area contributed by atoms with Gasteiger partial charge in [0.05, 0.1) is 0 Å². The number of primary amides is 1. The first kappa shape index (κ1) is 22.2. The Labute approximate surface area is 160 Å². The van der Waals surface area contributed by atoms with Gasteiger partial charge in [-0.05, 0) is 57.0 Å². The van der Waals surface area contributed by atoms with Crippen molar-refractivity contribution in [1.82, 2.24) is 10.6 Å². The molecule has 0 heterocycles. The van der Waals surface area contributed by atoms with E-state index in [9.17, 15) is 9.59 Å². The van der Waals surface area contributed by atoms with E-state index < -0.39 is 5.91 Å². The number of carbonyl (C=O) groups excluding carboxylic acids is 2. The molecule has 0 spiro atoms. The summed E-state index contributed by atoms with van der Waals surface area (Å²) >= 11 is 0. The summed E-state index contributed by atoms with van der Waals surface area (Å²) in [5.41, 5.74) is 14.0. The van der Waals surface area contributed by atoms with Crippen molar-refractivity contribution < 1.29 is 9.59 Å². The molecule has 2 amide bonds. The van der Waals surface area contributed by atoms with Gasteiger partial charge in [-0.1, -0.05) is 0 Å². The van der Waals surface area contributed by atoms with Crippen molar-refractivity contribution in [3.05, 3.63) is 41.1 Å². The van der Waals surface area contributed by atoms with Crippen LogP contribution in [0.25, 0.3) is 0 Å². The van der Waals surface area contributed by atoms with E-state index in [4.69, 9.17) is 16.9 Å². The molecule has 1 unspecified atom stereocenters. The molecular formula is C19H30N6O2. The minimum Gasteiger partial charge on any atom is -0.385 e. The normalized spacial score (nSPS) is 12.2. The molecule has 0 aliphatic rings. The lowest BCUT2D eigenvalue weighted by Gasteiger charge is -2.19. The molecule has 1 atom stereocenters. The highest BCUT2D eigenvalue weighted by molar-refractivity contribution is 6.01. The minimum atomic E-state index is -0.458. The smallest absolute Gasteiger partial charge is 0.267 e. The number of likely N-dealkylation sites (N-methyl/N-ethyl adjacent to an activating group) is 1. The van der Waals surface area contributed by atoms with E-state index in [1.165, 1.54) is 6.08 Å². The van der Waals surface area contributed by atoms with Gasteiger partial charge in [-0.25, -0.2) is 0 Å². The van der Waals surface area contributed by atoms with Crippen LogP contribution in [-0.4, -0.2) is 43.2 Å². The molecule has 27 heavy (non-hydrogen) atoms. The maximum atomic E-state index is 12.4. The lowest BCUT2D eigenvalue weighted by atomic mass is 10.1. The zero-order valence-electron chi connectivity index (χ0n) is 16.2. The van der Waals surface area contributed by atoms with Gasteiger partial charge in [0.1, 0.15) is 5.70 Å². The zero-order chi connectivity index (χ0) is 20.4. The molecule has 0 fully saturated rings. The average Bonchev–Trinajstić information content (AvgIpc) is 2.61. The molecule has 0 aromatic heterocycles. The highest BCUT2D eigenvalue weighted by Gasteiger charge is 2.14. The molecule has 8 nitrogen and oxygen atoms in total. The summed E-state index contributed by atoms with van der Waals surface area (Å²) in [6.07, 6.45) is 2.12. The number of anilines is 1. The van der Waals surface area contributed by atoms with Crippen molar-refractivity contribution in [3.8, 4) is 0 Å². The molecule has 0 bridgehead atoms. The maximum absolute atomic E-state index is 12.4. The van der Waals surface area contributed by atoms with Gasteiger partial charge in [0.25, 0.3) is 5.91 Å². The van der Waals surface area contributed by atoms with E-state index in [2.05, 4.69) is 16.0 Å². The first-order valence-electron chi connectivity index (χ1n) is 8.94. The van der Waals surface area contributed by atoms with Crippen molar-refractivity contribution in [2.24, 2.45) is 11.5 Å². The number of hydrogen-bond acceptors (Lipinski definition) is 6. The van der Waals surface area contributed by atoms with E-state index in [-0.39, 0.29) is 11.9 Å². The first-order chi connectivity index (χ1) is 12.8. The average molecular weight is 374 g/mol. The van der Waals surface area contributed by atoms with E-state index >= 15 is 0 Å². The van der Waals surface area contributed by atoms with Crippen LogP contribution in [0.2, 0.25) is 0 Å². The molecule has 1 rings (SSSR count). The molecule has 8 heteroatoms. The molecule has 0 saturated heterocycles. The first-order valence-corrected chi connectivity index (χ1v) is 8.94. The summed E-state index contributed by atoms with van der Waals surface area (Å²) in [7, 11) is 0. The van der Waals surface area contributed by atoms with Crippen LogP contribution in [0, 0.1) is 12.3 Å². The van der Waals surface area contributed by atoms with Gasteiger partial charge in [0.15, 0.2) is 0 Å². The Kier molecular flexibility index (Phi) is 9.01. The van der Waals surface area contributed by atoms with E-state index in [1.54, 1.807) is 19.1 Å². The highest BCUT2D eigenvalue weighted by atomic mass is 16.2. The summed E-state index contributed by atoms with van der Waals surface area (Å²) in [4.78, 5) is 23.6. The summed E-state index contributed by atoms with van der Waals surface area (Å²) in [5, 5.41) is 16.7. The van der Waals surface area contributed by atoms with Gasteiger partial charge in [-0.2, -0.15) is 0 Å². The van der Waals surface area contributed by atoms with Gasteiger partial charge < -0.3 is 32.8 Å². The third-order valence-corrected chi connectivity index (χ3v) is 3.91. The molecule has 1 aromatic rings. The monoisotopic (exact) mass is 374 g/mol. The Balaban J connectivity index is 2.62. The molecular weight excluding hydrogens is 344 g/mol. The second kappa shape index (κ2) is 11.0. The number of aryl methyl sites for hydroxylation is 1. The third-order valence-electron chi connectivity index (χ3n) is 3.91. The molecule has 0 radical (unpaired) electrons. The Morgan fingerprint density at radius 3 is 2.56 bits per heavy atom. The van der Waals surface area contributed by atoms with Crippen molar-refractivity contribution in [2.75, 3.05) is 25.0 Å². The van der Waals surface area contributed by atoms with Gasteiger partial charge in [0.2, 0.25) is 5.91 Å². The van der Waals surface area contributed by atoms with Crippen LogP contribution >= 0.6 is 0 Å². The highest BCUT2D eigenvalue weighted by Crippen LogP contribution is 2.16. The summed E-state index contributed by atoms with van der Waals surface area (Å²) in [6, 6.07) is 5.01. The standard InChI is InChI=1S/C19H30N6O2/c1-4-23-17(10-13(3)21)19(27)25-15(11-20)7-8-24-16-6-5-14(18(22)26)9-12(16)2/h5-6,9-10,15,21,23-24H,4,7-8,11,20H2,1-3H3,(H2,22,26)(H,25,27)/b17-10-,21-13?. The number of nitrogens with two attached hydrogens (primary N) is 2. The van der Waals surface area contributed by atoms with Crippen molar-refractivity contribution in [3.63, 3.8) is 0 Å². The number of rotatable bonds is 11. The number of nitrogens with one attached hydrogen (secondary N) is 4. The fourth-order valence-corrected chi connectivity index (χ4v) is 2.51. The van der Waals surface area contributed by atoms with Gasteiger partial charge in [-0.15, -0.1) is 0 Å². The van der Waals surface area contributed by atoms with Crippen molar-refractivity contribution in [2.45, 2.75) is 33.2 Å². The quantitative estimate of drug-likeness (QED) is 0.251. The number of carbonyl (C=O) groups is 2. The van der Waals surface area contributed by atoms with Crippen LogP contribution in [0.1, 0.15) is 36.2 Å². The van der Waals surface area contributed by atoms with Crippen LogP contribution in [0.15, 0.2) is 30.0 Å². The molecule has 0 aliphatic heterocycles. The molecule has 0 saturated carbocycles. The number of hydrogen-bond donors (Lipinski definition) is 6. The maximum Gasteiger partial charge on any atom is 0.267 e. The van der Waals surface area contributed by atoms with Gasteiger partial charge in [0, 0.05) is 42.6 Å². The van der Waals surface area contributed by atoms with Crippen LogP contribution in [0.4, 0.5) is 5.69 Å². The van der Waals surface area contributed by atoms with Crippen molar-refractivity contribution in [1.29, 1.82) is 5.41 Å². The van der Waals surface area contributed by atoms with Gasteiger partial charge in [-0.3, -0.25) is 9.59 Å². The lowest BCUT2D eigenvalue weighted by Crippen LogP contribution is -2.44. The summed E-state index contributed by atoms with van der Waals surface area (Å²) in [5.74, 6) is -0.735. The topological polar surface area (TPSA) is 146 Å². The van der Waals surface area contributed by atoms with Crippen LogP contribution in [0.5, 0.6) is 0 Å². The minimum absolute atomic E-state index is 0.205. The fourth-order valence-electron chi connectivity index (χ4n) is 2.51. The summed E-state index contributed by atoms with van der Waals surface area (Å²) < 4.78 is 0. The Bertz CT molecular complexity index is 714. The Morgan fingerprint density at radius 1 is 1.33 bits per heavy atom.